The van der Waals surface area contributed by atoms with E-state index in [1.807, 2.05) is 0 Å². The minimum absolute atomic E-state index is 0.173. The molecule has 13 heavy (non-hydrogen) atoms. The molecule has 1 aromatic heterocycles. The van der Waals surface area contributed by atoms with Gasteiger partial charge in [0.1, 0.15) is 5.69 Å². The molecule has 1 rings (SSSR count). The van der Waals surface area contributed by atoms with Crippen molar-refractivity contribution in [1.29, 1.82) is 0 Å². The summed E-state index contributed by atoms with van der Waals surface area (Å²) < 4.78 is 0. The summed E-state index contributed by atoms with van der Waals surface area (Å²) in [7, 11) is 0. The van der Waals surface area contributed by atoms with E-state index in [4.69, 9.17) is 5.21 Å². The Hall–Kier alpha value is -1.76. The van der Waals surface area contributed by atoms with E-state index < -0.39 is 0 Å². The van der Waals surface area contributed by atoms with Crippen molar-refractivity contribution in [2.75, 3.05) is 5.32 Å². The van der Waals surface area contributed by atoms with Gasteiger partial charge in [-0.3, -0.25) is 9.59 Å². The van der Waals surface area contributed by atoms with E-state index >= 15 is 0 Å². The highest BCUT2D eigenvalue weighted by Crippen LogP contribution is 2.14. The van der Waals surface area contributed by atoms with Crippen LogP contribution in [-0.4, -0.2) is 28.6 Å². The lowest BCUT2D eigenvalue weighted by atomic mass is 10.3. The second-order valence-electron chi connectivity index (χ2n) is 1.85. The van der Waals surface area contributed by atoms with Crippen molar-refractivity contribution in [2.24, 2.45) is 5.16 Å². The Morgan fingerprint density at radius 2 is 2.62 bits per heavy atom. The number of anilines is 1. The SMILES string of the molecule is O=[C]C(=NO)c1csc(NC=O)n1. The number of aromatic nitrogens is 1. The van der Waals surface area contributed by atoms with Crippen molar-refractivity contribution >= 4 is 34.9 Å². The first-order chi connectivity index (χ1) is 6.31. The van der Waals surface area contributed by atoms with Gasteiger partial charge in [-0.25, -0.2) is 4.98 Å². The highest BCUT2D eigenvalue weighted by molar-refractivity contribution is 7.14. The van der Waals surface area contributed by atoms with E-state index in [0.717, 1.165) is 11.3 Å². The fraction of sp³-hybridized carbons (Fsp3) is 0. The summed E-state index contributed by atoms with van der Waals surface area (Å²) in [4.78, 5) is 23.9. The molecular weight excluding hydrogens is 194 g/mol. The zero-order valence-electron chi connectivity index (χ0n) is 6.22. The number of nitrogens with one attached hydrogen (secondary N) is 1. The quantitative estimate of drug-likeness (QED) is 0.308. The molecule has 1 amide bonds. The van der Waals surface area contributed by atoms with Gasteiger partial charge in [0.15, 0.2) is 10.8 Å². The number of thiazole rings is 1. The maximum atomic E-state index is 10.2. The molecule has 0 aliphatic carbocycles. The van der Waals surface area contributed by atoms with Gasteiger partial charge < -0.3 is 10.5 Å². The number of rotatable bonds is 4. The first-order valence-corrected chi connectivity index (χ1v) is 3.96. The van der Waals surface area contributed by atoms with Gasteiger partial charge in [-0.05, 0) is 0 Å². The van der Waals surface area contributed by atoms with Crippen LogP contribution in [0.1, 0.15) is 5.69 Å². The minimum atomic E-state index is -0.296. The van der Waals surface area contributed by atoms with Gasteiger partial charge in [-0.1, -0.05) is 5.16 Å². The summed E-state index contributed by atoms with van der Waals surface area (Å²) >= 11 is 1.11. The average molecular weight is 198 g/mol. The van der Waals surface area contributed by atoms with E-state index in [1.165, 1.54) is 11.7 Å². The van der Waals surface area contributed by atoms with Crippen LogP contribution in [0.4, 0.5) is 5.13 Å². The Labute approximate surface area is 76.9 Å². The summed E-state index contributed by atoms with van der Waals surface area (Å²) in [5.41, 5.74) is -0.123. The Bertz CT molecular complexity index is 347. The molecule has 6 nitrogen and oxygen atoms in total. The van der Waals surface area contributed by atoms with Crippen molar-refractivity contribution < 1.29 is 14.8 Å². The Balaban J connectivity index is 2.90. The number of amides is 1. The smallest absolute Gasteiger partial charge is 0.259 e. The molecule has 0 aliphatic heterocycles. The Kier molecular flexibility index (Phi) is 3.09. The number of nitrogens with zero attached hydrogens (tertiary/aromatic N) is 2. The molecule has 1 aromatic rings. The summed E-state index contributed by atoms with van der Waals surface area (Å²) in [6, 6.07) is 0. The van der Waals surface area contributed by atoms with Crippen LogP contribution in [0.25, 0.3) is 0 Å². The summed E-state index contributed by atoms with van der Waals surface area (Å²) in [5, 5.41) is 15.1. The van der Waals surface area contributed by atoms with Crippen LogP contribution in [0, 0.1) is 0 Å². The molecule has 1 heterocycles. The molecule has 0 saturated carbocycles. The number of oxime groups is 1. The fourth-order valence-corrected chi connectivity index (χ4v) is 1.28. The van der Waals surface area contributed by atoms with Crippen LogP contribution in [0.3, 0.4) is 0 Å². The van der Waals surface area contributed by atoms with Crippen LogP contribution < -0.4 is 5.32 Å². The molecule has 0 fully saturated rings. The molecule has 2 N–H and O–H groups in total. The predicted molar refractivity (Wildman–Crippen MR) is 45.8 cm³/mol. The van der Waals surface area contributed by atoms with Gasteiger partial charge in [0.2, 0.25) is 6.41 Å². The minimum Gasteiger partial charge on any atom is -0.410 e. The molecule has 7 heteroatoms. The van der Waals surface area contributed by atoms with Crippen LogP contribution in [0.2, 0.25) is 0 Å². The molecule has 1 radical (unpaired) electrons. The molecular formula is C6H4N3O3S. The summed E-state index contributed by atoms with van der Waals surface area (Å²) in [6.45, 7) is 0. The predicted octanol–water partition coefficient (Wildman–Crippen LogP) is -0.000600. The van der Waals surface area contributed by atoms with Gasteiger partial charge in [-0.2, -0.15) is 0 Å². The average Bonchev–Trinajstić information content (AvgIpc) is 2.56. The van der Waals surface area contributed by atoms with Gasteiger partial charge in [0.05, 0.1) is 0 Å². The van der Waals surface area contributed by atoms with E-state index in [-0.39, 0.29) is 11.4 Å². The summed E-state index contributed by atoms with van der Waals surface area (Å²) in [6.07, 6.45) is 1.86. The molecule has 0 spiro atoms. The number of hydrogen-bond acceptors (Lipinski definition) is 6. The van der Waals surface area contributed by atoms with Crippen LogP contribution in [0.5, 0.6) is 0 Å². The van der Waals surface area contributed by atoms with Gasteiger partial charge >= 0.3 is 0 Å². The van der Waals surface area contributed by atoms with E-state index in [0.29, 0.717) is 11.5 Å². The third-order valence-electron chi connectivity index (χ3n) is 1.13. The maximum Gasteiger partial charge on any atom is 0.259 e. The van der Waals surface area contributed by atoms with Crippen molar-refractivity contribution in [3.05, 3.63) is 11.1 Å². The first-order valence-electron chi connectivity index (χ1n) is 3.08. The Morgan fingerprint density at radius 3 is 3.15 bits per heavy atom. The zero-order valence-corrected chi connectivity index (χ0v) is 7.04. The number of hydrogen-bond donors (Lipinski definition) is 2. The lowest BCUT2D eigenvalue weighted by Crippen LogP contribution is -2.03. The van der Waals surface area contributed by atoms with Crippen molar-refractivity contribution in [3.8, 4) is 0 Å². The normalized spacial score (nSPS) is 10.9. The van der Waals surface area contributed by atoms with E-state index in [9.17, 15) is 9.59 Å². The van der Waals surface area contributed by atoms with Gasteiger partial charge in [0.25, 0.3) is 6.29 Å². The van der Waals surface area contributed by atoms with Crippen LogP contribution >= 0.6 is 11.3 Å². The Morgan fingerprint density at radius 1 is 1.85 bits per heavy atom. The second kappa shape index (κ2) is 4.31. The number of carbonyl (C=O) groups is 1. The van der Waals surface area contributed by atoms with Gasteiger partial charge in [0, 0.05) is 5.38 Å². The largest absolute Gasteiger partial charge is 0.410 e. The topological polar surface area (TPSA) is 91.6 Å². The molecule has 0 unspecified atom stereocenters. The fourth-order valence-electron chi connectivity index (χ4n) is 0.623. The highest BCUT2D eigenvalue weighted by atomic mass is 32.1. The highest BCUT2D eigenvalue weighted by Gasteiger charge is 2.08. The molecule has 0 aliphatic rings. The molecule has 0 atom stereocenters. The number of carbonyl (C=O) groups excluding carboxylic acids is 2. The van der Waals surface area contributed by atoms with Gasteiger partial charge in [-0.15, -0.1) is 11.3 Å². The second-order valence-corrected chi connectivity index (χ2v) is 2.71. The monoisotopic (exact) mass is 198 g/mol. The van der Waals surface area contributed by atoms with E-state index in [2.05, 4.69) is 15.5 Å². The van der Waals surface area contributed by atoms with Crippen LogP contribution in [-0.2, 0) is 9.59 Å². The van der Waals surface area contributed by atoms with E-state index in [1.54, 1.807) is 0 Å². The molecule has 67 valence electrons. The summed E-state index contributed by atoms with van der Waals surface area (Å²) in [5.74, 6) is 0. The zero-order chi connectivity index (χ0) is 9.68. The van der Waals surface area contributed by atoms with Crippen molar-refractivity contribution in [3.63, 3.8) is 0 Å². The molecule has 0 saturated heterocycles. The standard InChI is InChI=1S/C6H4N3O3S/c10-1-4(9-12)5-2-13-6(8-5)7-3-11/h2-3,12H,(H,7,8,11). The molecule has 0 bridgehead atoms. The third-order valence-corrected chi connectivity index (χ3v) is 1.90. The molecule has 0 aromatic carbocycles. The maximum absolute atomic E-state index is 10.2. The lowest BCUT2D eigenvalue weighted by molar-refractivity contribution is -0.105. The van der Waals surface area contributed by atoms with Crippen molar-refractivity contribution in [1.82, 2.24) is 4.98 Å². The third kappa shape index (κ3) is 2.09. The lowest BCUT2D eigenvalue weighted by Gasteiger charge is -1.87. The van der Waals surface area contributed by atoms with Crippen LogP contribution in [0.15, 0.2) is 10.5 Å². The van der Waals surface area contributed by atoms with Crippen molar-refractivity contribution in [2.45, 2.75) is 0 Å². The first kappa shape index (κ1) is 9.33.